The average Bonchev–Trinajstić information content (AvgIpc) is 3.18. The van der Waals surface area contributed by atoms with Crippen LogP contribution in [0.2, 0.25) is 5.02 Å². The predicted molar refractivity (Wildman–Crippen MR) is 118 cm³/mol. The number of anilines is 1. The van der Waals surface area contributed by atoms with Gasteiger partial charge in [0.2, 0.25) is 0 Å². The van der Waals surface area contributed by atoms with Crippen LogP contribution >= 0.6 is 11.6 Å². The van der Waals surface area contributed by atoms with Gasteiger partial charge in [-0.05, 0) is 66.2 Å². The molecule has 4 rings (SSSR count). The summed E-state index contributed by atoms with van der Waals surface area (Å²) in [6, 6.07) is 17.9. The standard InChI is InChI=1S/C23H17ClF3N3O3/c24-17-4-8-19(9-5-17)33-20-10-6-18(7-11-20)30-21(13-28-22(30)14-29(31)32)15-2-1-3-16(12-15)23(25,26)27/h1-12,14,21,28H,13H2. The maximum atomic E-state index is 13.2. The van der Waals surface area contributed by atoms with Crippen LogP contribution in [-0.4, -0.2) is 11.5 Å². The summed E-state index contributed by atoms with van der Waals surface area (Å²) in [7, 11) is 0. The Morgan fingerprint density at radius 1 is 1.06 bits per heavy atom. The summed E-state index contributed by atoms with van der Waals surface area (Å²) in [6.45, 7) is 0.198. The van der Waals surface area contributed by atoms with Crippen LogP contribution in [0.3, 0.4) is 0 Å². The van der Waals surface area contributed by atoms with Gasteiger partial charge in [0, 0.05) is 17.3 Å². The number of rotatable bonds is 5. The molecule has 3 aromatic carbocycles. The molecule has 1 aliphatic rings. The third-order valence-electron chi connectivity index (χ3n) is 5.04. The topological polar surface area (TPSA) is 67.6 Å². The molecular formula is C23H17ClF3N3O3. The highest BCUT2D eigenvalue weighted by molar-refractivity contribution is 6.30. The smallest absolute Gasteiger partial charge is 0.416 e. The van der Waals surface area contributed by atoms with E-state index in [1.807, 2.05) is 0 Å². The van der Waals surface area contributed by atoms with Crippen molar-refractivity contribution in [2.24, 2.45) is 0 Å². The van der Waals surface area contributed by atoms with E-state index in [0.717, 1.165) is 18.3 Å². The van der Waals surface area contributed by atoms with Gasteiger partial charge in [0.05, 0.1) is 16.5 Å². The molecule has 0 aliphatic carbocycles. The number of alkyl halides is 3. The van der Waals surface area contributed by atoms with Crippen molar-refractivity contribution in [1.29, 1.82) is 0 Å². The van der Waals surface area contributed by atoms with Crippen LogP contribution in [0.4, 0.5) is 18.9 Å². The Bertz CT molecular complexity index is 1180. The first-order valence-electron chi connectivity index (χ1n) is 9.80. The zero-order valence-electron chi connectivity index (χ0n) is 16.9. The van der Waals surface area contributed by atoms with Crippen LogP contribution in [0.15, 0.2) is 84.8 Å². The number of nitro groups is 1. The van der Waals surface area contributed by atoms with Gasteiger partial charge in [0.15, 0.2) is 5.82 Å². The van der Waals surface area contributed by atoms with Crippen LogP contribution in [0.1, 0.15) is 17.2 Å². The Hall–Kier alpha value is -3.72. The number of nitrogens with zero attached hydrogens (tertiary/aromatic N) is 2. The van der Waals surface area contributed by atoms with E-state index >= 15 is 0 Å². The molecular weight excluding hydrogens is 459 g/mol. The monoisotopic (exact) mass is 475 g/mol. The van der Waals surface area contributed by atoms with Crippen LogP contribution in [0.25, 0.3) is 0 Å². The molecule has 0 radical (unpaired) electrons. The zero-order valence-corrected chi connectivity index (χ0v) is 17.7. The van der Waals surface area contributed by atoms with E-state index < -0.39 is 22.7 Å². The summed E-state index contributed by atoms with van der Waals surface area (Å²) < 4.78 is 45.4. The summed E-state index contributed by atoms with van der Waals surface area (Å²) in [6.07, 6.45) is -3.70. The van der Waals surface area contributed by atoms with Crippen molar-refractivity contribution in [3.63, 3.8) is 0 Å². The second-order valence-corrected chi connectivity index (χ2v) is 7.68. The van der Waals surface area contributed by atoms with E-state index in [0.29, 0.717) is 27.8 Å². The predicted octanol–water partition coefficient (Wildman–Crippen LogP) is 6.38. The molecule has 0 aromatic heterocycles. The third kappa shape index (κ3) is 5.20. The largest absolute Gasteiger partial charge is 0.457 e. The van der Waals surface area contributed by atoms with Crippen molar-refractivity contribution < 1.29 is 22.8 Å². The molecule has 1 aliphatic heterocycles. The molecule has 1 saturated heterocycles. The lowest BCUT2D eigenvalue weighted by Crippen LogP contribution is -2.24. The van der Waals surface area contributed by atoms with Gasteiger partial charge >= 0.3 is 6.18 Å². The highest BCUT2D eigenvalue weighted by Crippen LogP contribution is 2.38. The first kappa shape index (κ1) is 22.5. The lowest BCUT2D eigenvalue weighted by Gasteiger charge is -2.26. The summed E-state index contributed by atoms with van der Waals surface area (Å²) in [5.41, 5.74) is 0.155. The summed E-state index contributed by atoms with van der Waals surface area (Å²) in [4.78, 5) is 12.1. The van der Waals surface area contributed by atoms with Crippen molar-refractivity contribution in [3.05, 3.63) is 111 Å². The van der Waals surface area contributed by atoms with E-state index in [9.17, 15) is 23.3 Å². The van der Waals surface area contributed by atoms with E-state index in [1.165, 1.54) is 6.07 Å². The molecule has 6 nitrogen and oxygen atoms in total. The number of halogens is 4. The van der Waals surface area contributed by atoms with Crippen LogP contribution < -0.4 is 15.0 Å². The molecule has 33 heavy (non-hydrogen) atoms. The SMILES string of the molecule is O=[N+]([O-])C=C1NCC(c2cccc(C(F)(F)F)c2)N1c1ccc(Oc2ccc(Cl)cc2)cc1. The van der Waals surface area contributed by atoms with E-state index in [-0.39, 0.29) is 12.4 Å². The Balaban J connectivity index is 1.65. The number of hydrogen-bond acceptors (Lipinski definition) is 5. The van der Waals surface area contributed by atoms with Gasteiger partial charge in [0.25, 0.3) is 6.20 Å². The Morgan fingerprint density at radius 2 is 1.70 bits per heavy atom. The van der Waals surface area contributed by atoms with Gasteiger partial charge in [-0.3, -0.25) is 10.1 Å². The Labute approximate surface area is 192 Å². The minimum absolute atomic E-state index is 0.175. The molecule has 1 heterocycles. The van der Waals surface area contributed by atoms with Crippen molar-refractivity contribution in [2.75, 3.05) is 11.4 Å². The van der Waals surface area contributed by atoms with Gasteiger partial charge in [-0.1, -0.05) is 23.7 Å². The fourth-order valence-electron chi connectivity index (χ4n) is 3.58. The van der Waals surface area contributed by atoms with Crippen LogP contribution in [0.5, 0.6) is 11.5 Å². The molecule has 1 atom stereocenters. The zero-order chi connectivity index (χ0) is 23.6. The Kier molecular flexibility index (Phi) is 6.15. The second-order valence-electron chi connectivity index (χ2n) is 7.24. The summed E-state index contributed by atoms with van der Waals surface area (Å²) in [5.74, 6) is 1.27. The molecule has 0 amide bonds. The third-order valence-corrected chi connectivity index (χ3v) is 5.29. The molecule has 1 N–H and O–H groups in total. The fourth-order valence-corrected chi connectivity index (χ4v) is 3.70. The molecule has 0 bridgehead atoms. The maximum Gasteiger partial charge on any atom is 0.416 e. The molecule has 170 valence electrons. The number of ether oxygens (including phenoxy) is 1. The van der Waals surface area contributed by atoms with E-state index in [2.05, 4.69) is 5.32 Å². The minimum Gasteiger partial charge on any atom is -0.457 e. The van der Waals surface area contributed by atoms with Crippen molar-refractivity contribution >= 4 is 17.3 Å². The first-order chi connectivity index (χ1) is 15.7. The van der Waals surface area contributed by atoms with Crippen LogP contribution in [-0.2, 0) is 6.18 Å². The Morgan fingerprint density at radius 3 is 2.30 bits per heavy atom. The quantitative estimate of drug-likeness (QED) is 0.342. The normalized spacial score (nSPS) is 17.2. The minimum atomic E-state index is -4.49. The van der Waals surface area contributed by atoms with Crippen LogP contribution in [0, 0.1) is 10.1 Å². The van der Waals surface area contributed by atoms with Gasteiger partial charge in [-0.25, -0.2) is 0 Å². The van der Waals surface area contributed by atoms with Gasteiger partial charge in [-0.15, -0.1) is 0 Å². The highest BCUT2D eigenvalue weighted by atomic mass is 35.5. The molecule has 1 unspecified atom stereocenters. The molecule has 0 saturated carbocycles. The van der Waals surface area contributed by atoms with Crippen molar-refractivity contribution in [2.45, 2.75) is 12.2 Å². The molecule has 0 spiro atoms. The molecule has 1 fully saturated rings. The lowest BCUT2D eigenvalue weighted by atomic mass is 10.0. The highest BCUT2D eigenvalue weighted by Gasteiger charge is 2.35. The lowest BCUT2D eigenvalue weighted by molar-refractivity contribution is -0.403. The van der Waals surface area contributed by atoms with E-state index in [1.54, 1.807) is 59.5 Å². The maximum absolute atomic E-state index is 13.2. The van der Waals surface area contributed by atoms with Gasteiger partial charge < -0.3 is 15.0 Å². The second kappa shape index (κ2) is 9.03. The fraction of sp³-hybridized carbons (Fsp3) is 0.130. The molecule has 3 aromatic rings. The number of hydrogen-bond donors (Lipinski definition) is 1. The molecule has 10 heteroatoms. The van der Waals surface area contributed by atoms with Crippen molar-refractivity contribution in [3.8, 4) is 11.5 Å². The van der Waals surface area contributed by atoms with Crippen molar-refractivity contribution in [1.82, 2.24) is 5.32 Å². The number of nitrogens with one attached hydrogen (secondary N) is 1. The summed E-state index contributed by atoms with van der Waals surface area (Å²) >= 11 is 5.87. The van der Waals surface area contributed by atoms with Gasteiger partial charge in [0.1, 0.15) is 11.5 Å². The summed E-state index contributed by atoms with van der Waals surface area (Å²) in [5, 5.41) is 14.6. The van der Waals surface area contributed by atoms with E-state index in [4.69, 9.17) is 16.3 Å². The average molecular weight is 476 g/mol. The first-order valence-corrected chi connectivity index (χ1v) is 10.2. The van der Waals surface area contributed by atoms with Gasteiger partial charge in [-0.2, -0.15) is 13.2 Å². The number of benzene rings is 3.